The quantitative estimate of drug-likeness (QED) is 0.125. The Kier molecular flexibility index (Phi) is 20.7. The van der Waals surface area contributed by atoms with Gasteiger partial charge in [0.25, 0.3) is 0 Å². The lowest BCUT2D eigenvalue weighted by Gasteiger charge is -2.32. The second-order valence-electron chi connectivity index (χ2n) is 19.4. The summed E-state index contributed by atoms with van der Waals surface area (Å²) in [6.45, 7) is 12.5. The first kappa shape index (κ1) is 54.5. The molecule has 0 saturated carbocycles. The van der Waals surface area contributed by atoms with Gasteiger partial charge in [-0.05, 0) is 80.0 Å². The predicted octanol–water partition coefficient (Wildman–Crippen LogP) is 3.61. The van der Waals surface area contributed by atoms with Crippen LogP contribution in [0.15, 0.2) is 54.6 Å². The second-order valence-corrected chi connectivity index (χ2v) is 19.4. The molecule has 0 aliphatic carbocycles. The summed E-state index contributed by atoms with van der Waals surface area (Å²) in [6.07, 6.45) is -0.827. The number of cyclic esters (lactones) is 1. The van der Waals surface area contributed by atoms with Gasteiger partial charge in [-0.25, -0.2) is 4.79 Å². The van der Waals surface area contributed by atoms with Crippen LogP contribution >= 0.6 is 0 Å². The van der Waals surface area contributed by atoms with Gasteiger partial charge in [0.15, 0.2) is 5.78 Å². The van der Waals surface area contributed by atoms with Crippen LogP contribution in [0.2, 0.25) is 0 Å². The molecule has 68 heavy (non-hydrogen) atoms. The second kappa shape index (κ2) is 25.9. The third-order valence-electron chi connectivity index (χ3n) is 12.7. The Labute approximate surface area is 399 Å². The van der Waals surface area contributed by atoms with Crippen molar-refractivity contribution in [1.29, 1.82) is 0 Å². The maximum absolute atomic E-state index is 14.6. The van der Waals surface area contributed by atoms with Crippen LogP contribution in [0.5, 0.6) is 5.75 Å². The number of rotatable bonds is 17. The molecule has 0 aromatic heterocycles. The number of phenols is 1. The summed E-state index contributed by atoms with van der Waals surface area (Å²) in [5.41, 5.74) is 6.76. The van der Waals surface area contributed by atoms with E-state index in [4.69, 9.17) is 10.5 Å². The van der Waals surface area contributed by atoms with Gasteiger partial charge in [0, 0.05) is 50.5 Å². The highest BCUT2D eigenvalue weighted by atomic mass is 16.5. The van der Waals surface area contributed by atoms with E-state index in [0.29, 0.717) is 24.8 Å². The van der Waals surface area contributed by atoms with E-state index in [1.165, 1.54) is 24.0 Å². The summed E-state index contributed by atoms with van der Waals surface area (Å²) >= 11 is 0. The highest BCUT2D eigenvalue weighted by Crippen LogP contribution is 2.26. The summed E-state index contributed by atoms with van der Waals surface area (Å²) in [7, 11) is 0. The molecule has 2 aromatic carbocycles. The molecule has 2 aliphatic rings. The van der Waals surface area contributed by atoms with Gasteiger partial charge in [0.05, 0.1) is 6.04 Å². The molecule has 7 N–H and O–H groups in total. The van der Waals surface area contributed by atoms with Crippen molar-refractivity contribution >= 4 is 53.0 Å². The Bertz CT molecular complexity index is 2090. The van der Waals surface area contributed by atoms with Gasteiger partial charge in [0.1, 0.15) is 41.8 Å². The third-order valence-corrected chi connectivity index (χ3v) is 12.7. The molecular formula is C51H72N6O11. The molecule has 17 heteroatoms. The molecule has 372 valence electrons. The van der Waals surface area contributed by atoms with Crippen LogP contribution in [0, 0.1) is 29.6 Å². The minimum Gasteiger partial charge on any atom is -0.508 e. The topological polar surface area (TPSA) is 260 Å². The Morgan fingerprint density at radius 3 is 2.09 bits per heavy atom. The number of primary amides is 1. The van der Waals surface area contributed by atoms with Crippen molar-refractivity contribution in [3.63, 3.8) is 0 Å². The zero-order chi connectivity index (χ0) is 50.2. The largest absolute Gasteiger partial charge is 0.508 e. The Morgan fingerprint density at radius 1 is 0.824 bits per heavy atom. The van der Waals surface area contributed by atoms with Crippen molar-refractivity contribution in [1.82, 2.24) is 26.2 Å². The number of nitrogens with zero attached hydrogens (tertiary/aromatic N) is 1. The van der Waals surface area contributed by atoms with Crippen LogP contribution < -0.4 is 27.0 Å². The van der Waals surface area contributed by atoms with Gasteiger partial charge >= 0.3 is 5.97 Å². The number of esters is 1. The zero-order valence-corrected chi connectivity index (χ0v) is 40.6. The number of ketones is 2. The minimum absolute atomic E-state index is 0.0168. The maximum atomic E-state index is 14.6. The van der Waals surface area contributed by atoms with E-state index in [0.717, 1.165) is 5.56 Å². The SMILES string of the molecule is CCC(C)[C@@H]1NC(=O)[C@H](Cc2ccc(O)cc2)NC(=O)[C@H](Cc2ccccc2)CC(=O)[C@H]2CCCN2C(=O)[C@H](CC(C)C)NC(=O)[C@@H](NC(=O)[C@H](CCC(N)=O)CC(=O)CC(C)C)[C@@H](C)OC1=O. The Morgan fingerprint density at radius 2 is 1.47 bits per heavy atom. The summed E-state index contributed by atoms with van der Waals surface area (Å²) in [6, 6.07) is 8.72. The molecule has 2 heterocycles. The lowest BCUT2D eigenvalue weighted by Crippen LogP contribution is -2.60. The standard InChI is InChI=1S/C51H72N6O11/c1-8-31(6)44-51(67)68-32(7)45(56-46(62)35(18-21-43(52)61)27-38(59)23-29(2)3)49(65)54-40(24-30(4)5)50(66)57-22-12-15-41(57)42(60)28-36(25-33-13-10-9-11-14-33)47(63)53-39(48(64)55-44)26-34-16-19-37(58)20-17-34/h9-11,13-14,16-17,19-20,29-32,35-36,39-41,44-45,58H,8,12,15,18,21-28H2,1-7H3,(H2,52,61)(H,53,63)(H,54,65)(H,55,64)(H,56,62)/t31?,32-,35-,36-,39+,40+,41-,44+,45+/m1/s1. The van der Waals surface area contributed by atoms with E-state index in [-0.39, 0.29) is 87.1 Å². The third kappa shape index (κ3) is 16.3. The van der Waals surface area contributed by atoms with E-state index >= 15 is 0 Å². The molecule has 2 aromatic rings. The Balaban J connectivity index is 1.84. The number of phenolic OH excluding ortho intramolecular Hbond substituents is 1. The molecule has 17 nitrogen and oxygen atoms in total. The number of carbonyl (C=O) groups excluding carboxylic acids is 9. The number of amides is 6. The van der Waals surface area contributed by atoms with Crippen molar-refractivity contribution in [2.45, 2.75) is 155 Å². The summed E-state index contributed by atoms with van der Waals surface area (Å²) in [5, 5.41) is 21.1. The van der Waals surface area contributed by atoms with Crippen molar-refractivity contribution in [2.75, 3.05) is 6.54 Å². The molecule has 0 bridgehead atoms. The van der Waals surface area contributed by atoms with Crippen LogP contribution in [-0.2, 0) is 60.7 Å². The van der Waals surface area contributed by atoms with Crippen LogP contribution in [-0.4, -0.2) is 106 Å². The fourth-order valence-corrected chi connectivity index (χ4v) is 8.79. The summed E-state index contributed by atoms with van der Waals surface area (Å²) in [4.78, 5) is 128. The maximum Gasteiger partial charge on any atom is 0.329 e. The van der Waals surface area contributed by atoms with Gasteiger partial charge in [-0.2, -0.15) is 0 Å². The molecule has 6 amide bonds. The molecule has 4 rings (SSSR count). The number of carbonyl (C=O) groups is 9. The minimum atomic E-state index is -1.66. The van der Waals surface area contributed by atoms with E-state index in [1.807, 2.05) is 58.0 Å². The molecule has 0 radical (unpaired) electrons. The highest BCUT2D eigenvalue weighted by molar-refractivity contribution is 5.98. The number of nitrogens with one attached hydrogen (secondary N) is 4. The van der Waals surface area contributed by atoms with Crippen molar-refractivity contribution < 1.29 is 53.0 Å². The smallest absolute Gasteiger partial charge is 0.329 e. The number of aromatic hydroxyl groups is 1. The molecule has 2 saturated heterocycles. The molecule has 9 atom stereocenters. The van der Waals surface area contributed by atoms with E-state index < -0.39 is 95.5 Å². The van der Waals surface area contributed by atoms with Crippen LogP contribution in [0.4, 0.5) is 0 Å². The summed E-state index contributed by atoms with van der Waals surface area (Å²) < 4.78 is 5.97. The normalized spacial score (nSPS) is 24.4. The number of Topliss-reactive ketones (excluding diaryl/α,β-unsaturated/α-hetero) is 2. The Hall–Kier alpha value is -6.13. The van der Waals surface area contributed by atoms with Gasteiger partial charge in [-0.1, -0.05) is 90.4 Å². The van der Waals surface area contributed by atoms with Crippen molar-refractivity contribution in [3.05, 3.63) is 65.7 Å². The van der Waals surface area contributed by atoms with E-state index in [2.05, 4.69) is 21.3 Å². The van der Waals surface area contributed by atoms with E-state index in [1.54, 1.807) is 26.0 Å². The van der Waals surface area contributed by atoms with Crippen molar-refractivity contribution in [2.24, 2.45) is 35.3 Å². The van der Waals surface area contributed by atoms with Crippen LogP contribution in [0.1, 0.15) is 117 Å². The van der Waals surface area contributed by atoms with Crippen LogP contribution in [0.3, 0.4) is 0 Å². The number of hydrogen-bond acceptors (Lipinski definition) is 11. The van der Waals surface area contributed by atoms with Crippen LogP contribution in [0.25, 0.3) is 0 Å². The first-order valence-corrected chi connectivity index (χ1v) is 24.0. The fraction of sp³-hybridized carbons (Fsp3) is 0.588. The molecular weight excluding hydrogens is 873 g/mol. The number of ether oxygens (including phenoxy) is 1. The average molecular weight is 945 g/mol. The first-order chi connectivity index (χ1) is 32.2. The van der Waals surface area contributed by atoms with Gasteiger partial charge in [-0.3, -0.25) is 38.4 Å². The number of hydrogen-bond donors (Lipinski definition) is 6. The zero-order valence-electron chi connectivity index (χ0n) is 40.6. The highest BCUT2D eigenvalue weighted by Gasteiger charge is 2.42. The molecule has 2 fully saturated rings. The van der Waals surface area contributed by atoms with E-state index in [9.17, 15) is 48.3 Å². The predicted molar refractivity (Wildman–Crippen MR) is 253 cm³/mol. The monoisotopic (exact) mass is 945 g/mol. The molecule has 0 spiro atoms. The number of fused-ring (bicyclic) bond motifs is 1. The van der Waals surface area contributed by atoms with Gasteiger partial charge < -0.3 is 41.7 Å². The molecule has 1 unspecified atom stereocenters. The fourth-order valence-electron chi connectivity index (χ4n) is 8.79. The lowest BCUT2D eigenvalue weighted by atomic mass is 9.90. The number of benzene rings is 2. The van der Waals surface area contributed by atoms with Gasteiger partial charge in [0.2, 0.25) is 35.4 Å². The first-order valence-electron chi connectivity index (χ1n) is 24.0. The van der Waals surface area contributed by atoms with Crippen molar-refractivity contribution in [3.8, 4) is 5.75 Å². The number of nitrogens with two attached hydrogens (primary N) is 1. The average Bonchev–Trinajstić information content (AvgIpc) is 3.78. The lowest BCUT2D eigenvalue weighted by molar-refractivity contribution is -0.158. The molecule has 2 aliphatic heterocycles. The van der Waals surface area contributed by atoms with Gasteiger partial charge in [-0.15, -0.1) is 0 Å². The summed E-state index contributed by atoms with van der Waals surface area (Å²) in [5.74, 6) is -8.68.